The minimum absolute atomic E-state index is 0.192. The third-order valence-corrected chi connectivity index (χ3v) is 1.53. The molecule has 0 fully saturated rings. The van der Waals surface area contributed by atoms with Crippen LogP contribution in [0.4, 0.5) is 0 Å². The Morgan fingerprint density at radius 2 is 2.45 bits per heavy atom. The van der Waals surface area contributed by atoms with E-state index in [0.717, 1.165) is 17.7 Å². The first-order valence-electron chi connectivity index (χ1n) is 3.55. The minimum atomic E-state index is -0.192. The van der Waals surface area contributed by atoms with Crippen LogP contribution in [0.3, 0.4) is 0 Å². The predicted molar refractivity (Wildman–Crippen MR) is 42.1 cm³/mol. The summed E-state index contributed by atoms with van der Waals surface area (Å²) in [6, 6.07) is 1.49. The Morgan fingerprint density at radius 1 is 1.73 bits per heavy atom. The maximum Gasteiger partial charge on any atom is 0.264 e. The first kappa shape index (κ1) is 7.94. The zero-order valence-corrected chi connectivity index (χ0v) is 6.42. The van der Waals surface area contributed by atoms with E-state index in [1.165, 1.54) is 6.07 Å². The minimum Gasteiger partial charge on any atom is -0.326 e. The second-order valence-corrected chi connectivity index (χ2v) is 2.26. The van der Waals surface area contributed by atoms with Gasteiger partial charge in [0, 0.05) is 12.6 Å². The van der Waals surface area contributed by atoms with Crippen molar-refractivity contribution >= 4 is 0 Å². The number of H-pyrrole nitrogens is 1. The third-order valence-electron chi connectivity index (χ3n) is 1.53. The lowest BCUT2D eigenvalue weighted by Gasteiger charge is -2.00. The number of aromatic amines is 1. The molecular formula is C7H11N3O. The van der Waals surface area contributed by atoms with Gasteiger partial charge in [-0.05, 0) is 12.0 Å². The summed E-state index contributed by atoms with van der Waals surface area (Å²) in [6.45, 7) is 2.35. The highest BCUT2D eigenvalue weighted by Crippen LogP contribution is 1.99. The summed E-state index contributed by atoms with van der Waals surface area (Å²) in [5.41, 5.74) is 6.91. The molecule has 0 bridgehead atoms. The molecule has 0 spiro atoms. The fraction of sp³-hybridized carbons (Fsp3) is 0.429. The Kier molecular flexibility index (Phi) is 2.38. The summed E-state index contributed by atoms with van der Waals surface area (Å²) < 4.78 is 0. The number of rotatable bonds is 2. The van der Waals surface area contributed by atoms with Crippen molar-refractivity contribution in [2.75, 3.05) is 0 Å². The van der Waals surface area contributed by atoms with Crippen LogP contribution in [0.1, 0.15) is 18.2 Å². The number of aryl methyl sites for hydroxylation is 1. The number of nitrogens with two attached hydrogens (primary N) is 1. The fourth-order valence-electron chi connectivity index (χ4n) is 0.951. The van der Waals surface area contributed by atoms with Crippen LogP contribution in [-0.4, -0.2) is 10.2 Å². The van der Waals surface area contributed by atoms with Crippen molar-refractivity contribution in [3.8, 4) is 0 Å². The second-order valence-electron chi connectivity index (χ2n) is 2.26. The van der Waals surface area contributed by atoms with E-state index >= 15 is 0 Å². The molecule has 1 heterocycles. The van der Waals surface area contributed by atoms with Crippen LogP contribution in [0.25, 0.3) is 0 Å². The molecule has 0 aliphatic heterocycles. The van der Waals surface area contributed by atoms with Gasteiger partial charge in [-0.25, -0.2) is 5.10 Å². The van der Waals surface area contributed by atoms with Gasteiger partial charge in [-0.3, -0.25) is 4.79 Å². The second kappa shape index (κ2) is 3.30. The molecule has 3 N–H and O–H groups in total. The summed E-state index contributed by atoms with van der Waals surface area (Å²) in [6.07, 6.45) is 0.795. The number of aromatic nitrogens is 2. The van der Waals surface area contributed by atoms with E-state index in [1.807, 2.05) is 6.92 Å². The molecule has 11 heavy (non-hydrogen) atoms. The lowest BCUT2D eigenvalue weighted by atomic mass is 10.2. The van der Waals surface area contributed by atoms with Gasteiger partial charge in [0.15, 0.2) is 0 Å². The maximum atomic E-state index is 10.7. The molecular weight excluding hydrogens is 142 g/mol. The van der Waals surface area contributed by atoms with E-state index in [4.69, 9.17) is 5.73 Å². The number of nitrogens with zero attached hydrogens (tertiary/aromatic N) is 1. The number of hydrogen-bond donors (Lipinski definition) is 2. The van der Waals surface area contributed by atoms with Crippen molar-refractivity contribution in [3.05, 3.63) is 27.7 Å². The van der Waals surface area contributed by atoms with Crippen LogP contribution in [0, 0.1) is 0 Å². The Morgan fingerprint density at radius 3 is 3.00 bits per heavy atom. The Bertz CT molecular complexity index is 292. The topological polar surface area (TPSA) is 71.8 Å². The van der Waals surface area contributed by atoms with Crippen molar-refractivity contribution in [2.24, 2.45) is 5.73 Å². The highest BCUT2D eigenvalue weighted by atomic mass is 16.1. The fourth-order valence-corrected chi connectivity index (χ4v) is 0.951. The van der Waals surface area contributed by atoms with Crippen molar-refractivity contribution < 1.29 is 0 Å². The summed E-state index contributed by atoms with van der Waals surface area (Å²) in [7, 11) is 0. The molecule has 0 amide bonds. The highest BCUT2D eigenvalue weighted by Gasteiger charge is 1.99. The average Bonchev–Trinajstić information content (AvgIpc) is 2.04. The lowest BCUT2D eigenvalue weighted by Crippen LogP contribution is -2.14. The highest BCUT2D eigenvalue weighted by molar-refractivity contribution is 5.16. The zero-order chi connectivity index (χ0) is 8.27. The first-order chi connectivity index (χ1) is 5.27. The van der Waals surface area contributed by atoms with Crippen LogP contribution >= 0.6 is 0 Å². The van der Waals surface area contributed by atoms with E-state index in [1.54, 1.807) is 0 Å². The molecule has 4 heteroatoms. The van der Waals surface area contributed by atoms with E-state index in [0.29, 0.717) is 6.54 Å². The number of hydrogen-bond acceptors (Lipinski definition) is 3. The Balaban J connectivity index is 3.16. The van der Waals surface area contributed by atoms with Crippen molar-refractivity contribution in [2.45, 2.75) is 19.9 Å². The Labute approximate surface area is 64.4 Å². The normalized spacial score (nSPS) is 10.0. The zero-order valence-electron chi connectivity index (χ0n) is 6.42. The van der Waals surface area contributed by atoms with Gasteiger partial charge in [-0.1, -0.05) is 6.92 Å². The molecule has 0 aliphatic carbocycles. The molecule has 4 nitrogen and oxygen atoms in total. The van der Waals surface area contributed by atoms with Gasteiger partial charge in [-0.15, -0.1) is 0 Å². The SMILES string of the molecule is CCc1n[nH]c(=O)cc1CN. The first-order valence-corrected chi connectivity index (χ1v) is 3.55. The summed E-state index contributed by atoms with van der Waals surface area (Å²) >= 11 is 0. The third kappa shape index (κ3) is 1.65. The molecule has 1 rings (SSSR count). The molecule has 0 saturated carbocycles. The van der Waals surface area contributed by atoms with Crippen LogP contribution in [0.15, 0.2) is 10.9 Å². The molecule has 0 radical (unpaired) electrons. The molecule has 1 aromatic heterocycles. The van der Waals surface area contributed by atoms with Crippen LogP contribution in [0.5, 0.6) is 0 Å². The molecule has 0 aromatic carbocycles. The quantitative estimate of drug-likeness (QED) is 0.617. The smallest absolute Gasteiger partial charge is 0.264 e. The van der Waals surface area contributed by atoms with E-state index in [-0.39, 0.29) is 5.56 Å². The van der Waals surface area contributed by atoms with Crippen molar-refractivity contribution in [1.29, 1.82) is 0 Å². The van der Waals surface area contributed by atoms with E-state index < -0.39 is 0 Å². The van der Waals surface area contributed by atoms with Crippen LogP contribution < -0.4 is 11.3 Å². The summed E-state index contributed by atoms with van der Waals surface area (Å²) in [4.78, 5) is 10.7. The summed E-state index contributed by atoms with van der Waals surface area (Å²) in [5, 5.41) is 6.21. The van der Waals surface area contributed by atoms with Gasteiger partial charge in [0.05, 0.1) is 5.69 Å². The predicted octanol–water partition coefficient (Wildman–Crippen LogP) is -0.209. The van der Waals surface area contributed by atoms with Crippen LogP contribution in [0.2, 0.25) is 0 Å². The monoisotopic (exact) mass is 153 g/mol. The van der Waals surface area contributed by atoms with E-state index in [2.05, 4.69) is 10.2 Å². The Hall–Kier alpha value is -1.16. The van der Waals surface area contributed by atoms with Gasteiger partial charge in [-0.2, -0.15) is 5.10 Å². The molecule has 0 unspecified atom stereocenters. The van der Waals surface area contributed by atoms with E-state index in [9.17, 15) is 4.79 Å². The lowest BCUT2D eigenvalue weighted by molar-refractivity contribution is 0.850. The number of nitrogens with one attached hydrogen (secondary N) is 1. The van der Waals surface area contributed by atoms with Gasteiger partial charge in [0.25, 0.3) is 5.56 Å². The van der Waals surface area contributed by atoms with Gasteiger partial charge < -0.3 is 5.73 Å². The molecule has 60 valence electrons. The largest absolute Gasteiger partial charge is 0.326 e. The van der Waals surface area contributed by atoms with Crippen molar-refractivity contribution in [3.63, 3.8) is 0 Å². The average molecular weight is 153 g/mol. The van der Waals surface area contributed by atoms with Crippen LogP contribution in [-0.2, 0) is 13.0 Å². The molecule has 0 saturated heterocycles. The standard InChI is InChI=1S/C7H11N3O/c1-2-6-5(4-8)3-7(11)10-9-6/h3H,2,4,8H2,1H3,(H,10,11). The molecule has 0 aliphatic rings. The maximum absolute atomic E-state index is 10.7. The van der Waals surface area contributed by atoms with Gasteiger partial charge >= 0.3 is 0 Å². The van der Waals surface area contributed by atoms with Gasteiger partial charge in [0.2, 0.25) is 0 Å². The molecule has 1 aromatic rings. The summed E-state index contributed by atoms with van der Waals surface area (Å²) in [5.74, 6) is 0. The van der Waals surface area contributed by atoms with Crippen molar-refractivity contribution in [1.82, 2.24) is 10.2 Å². The van der Waals surface area contributed by atoms with Gasteiger partial charge in [0.1, 0.15) is 0 Å². The molecule has 0 atom stereocenters.